The molecule has 1 aromatic rings. The molecule has 7 heteroatoms. The highest BCUT2D eigenvalue weighted by atomic mass is 35.5. The molecule has 0 unspecified atom stereocenters. The zero-order chi connectivity index (χ0) is 21.1. The van der Waals surface area contributed by atoms with E-state index in [4.69, 9.17) is 11.6 Å². The second kappa shape index (κ2) is 9.16. The molecule has 0 spiro atoms. The molecule has 1 saturated heterocycles. The molecule has 1 aliphatic carbocycles. The number of piperazine rings is 1. The molecule has 0 bridgehead atoms. The predicted molar refractivity (Wildman–Crippen MR) is 114 cm³/mol. The molecular weight excluding hydrogens is 390 g/mol. The maximum atomic E-state index is 13.1. The van der Waals surface area contributed by atoms with Crippen molar-refractivity contribution in [2.45, 2.75) is 77.4 Å². The van der Waals surface area contributed by atoms with E-state index in [1.165, 1.54) is 0 Å². The predicted octanol–water partition coefficient (Wildman–Crippen LogP) is 3.66. The SMILES string of the molecule is Cc1ccc(Cl)cc1NC(=O)C[C@@H]1C(=O)N[C@@H]2CCCC[C@@H]2N1C(=O)CC(C)C. The third-order valence-electron chi connectivity index (χ3n) is 5.78. The van der Waals surface area contributed by atoms with E-state index in [9.17, 15) is 14.4 Å². The summed E-state index contributed by atoms with van der Waals surface area (Å²) in [5, 5.41) is 6.44. The van der Waals surface area contributed by atoms with Crippen LogP contribution in [0, 0.1) is 12.8 Å². The number of carbonyl (C=O) groups is 3. The molecule has 3 rings (SSSR count). The summed E-state index contributed by atoms with van der Waals surface area (Å²) in [5.74, 6) is -0.378. The average Bonchev–Trinajstić information content (AvgIpc) is 2.64. The molecule has 2 fully saturated rings. The molecule has 2 N–H and O–H groups in total. The summed E-state index contributed by atoms with van der Waals surface area (Å²) in [7, 11) is 0. The van der Waals surface area contributed by atoms with Gasteiger partial charge in [0.25, 0.3) is 0 Å². The van der Waals surface area contributed by atoms with Crippen molar-refractivity contribution in [1.29, 1.82) is 0 Å². The summed E-state index contributed by atoms with van der Waals surface area (Å²) in [6.45, 7) is 5.86. The normalized spacial score (nSPS) is 24.1. The van der Waals surface area contributed by atoms with Crippen LogP contribution in [-0.2, 0) is 14.4 Å². The van der Waals surface area contributed by atoms with E-state index in [0.717, 1.165) is 31.2 Å². The van der Waals surface area contributed by atoms with Crippen LogP contribution in [0.3, 0.4) is 0 Å². The van der Waals surface area contributed by atoms with Crippen molar-refractivity contribution in [2.75, 3.05) is 5.32 Å². The second-order valence-electron chi connectivity index (χ2n) is 8.59. The average molecular weight is 420 g/mol. The van der Waals surface area contributed by atoms with Gasteiger partial charge in [-0.3, -0.25) is 14.4 Å². The first-order valence-electron chi connectivity index (χ1n) is 10.4. The number of amides is 3. The Labute approximate surface area is 177 Å². The molecule has 29 heavy (non-hydrogen) atoms. The van der Waals surface area contributed by atoms with Crippen molar-refractivity contribution < 1.29 is 14.4 Å². The molecule has 158 valence electrons. The van der Waals surface area contributed by atoms with E-state index in [2.05, 4.69) is 10.6 Å². The smallest absolute Gasteiger partial charge is 0.243 e. The number of benzene rings is 1. The fraction of sp³-hybridized carbons (Fsp3) is 0.591. The number of aryl methyl sites for hydroxylation is 1. The highest BCUT2D eigenvalue weighted by molar-refractivity contribution is 6.31. The summed E-state index contributed by atoms with van der Waals surface area (Å²) in [4.78, 5) is 40.4. The highest BCUT2D eigenvalue weighted by Crippen LogP contribution is 2.31. The van der Waals surface area contributed by atoms with Gasteiger partial charge in [-0.15, -0.1) is 0 Å². The zero-order valence-electron chi connectivity index (χ0n) is 17.3. The summed E-state index contributed by atoms with van der Waals surface area (Å²) in [6.07, 6.45) is 4.13. The van der Waals surface area contributed by atoms with Crippen LogP contribution in [-0.4, -0.2) is 40.7 Å². The first-order chi connectivity index (χ1) is 13.8. The fourth-order valence-electron chi connectivity index (χ4n) is 4.36. The Kier molecular flexibility index (Phi) is 6.83. The summed E-state index contributed by atoms with van der Waals surface area (Å²) in [6, 6.07) is 4.46. The van der Waals surface area contributed by atoms with Gasteiger partial charge in [0, 0.05) is 23.2 Å². The summed E-state index contributed by atoms with van der Waals surface area (Å²) in [5.41, 5.74) is 1.50. The number of nitrogens with zero attached hydrogens (tertiary/aromatic N) is 1. The Morgan fingerprint density at radius 3 is 2.72 bits per heavy atom. The van der Waals surface area contributed by atoms with Gasteiger partial charge in [0.05, 0.1) is 12.5 Å². The Bertz CT molecular complexity index is 796. The fourth-order valence-corrected chi connectivity index (χ4v) is 4.53. The lowest BCUT2D eigenvalue weighted by molar-refractivity contribution is -0.152. The van der Waals surface area contributed by atoms with E-state index in [-0.39, 0.29) is 42.1 Å². The standard InChI is InChI=1S/C22H30ClN3O3/c1-13(2)10-21(28)26-18-7-5-4-6-16(18)25-22(29)19(26)12-20(27)24-17-11-15(23)9-8-14(17)3/h8-9,11,13,16,18-19H,4-7,10,12H2,1-3H3,(H,24,27)(H,25,29)/t16-,18+,19-/m1/s1. The van der Waals surface area contributed by atoms with Gasteiger partial charge >= 0.3 is 0 Å². The van der Waals surface area contributed by atoms with Crippen molar-refractivity contribution >= 4 is 35.0 Å². The third kappa shape index (κ3) is 5.10. The van der Waals surface area contributed by atoms with Gasteiger partial charge in [-0.2, -0.15) is 0 Å². The lowest BCUT2D eigenvalue weighted by atomic mass is 9.84. The Morgan fingerprint density at radius 2 is 2.00 bits per heavy atom. The number of anilines is 1. The van der Waals surface area contributed by atoms with Crippen LogP contribution in [0.15, 0.2) is 18.2 Å². The van der Waals surface area contributed by atoms with Crippen molar-refractivity contribution in [3.8, 4) is 0 Å². The van der Waals surface area contributed by atoms with Gasteiger partial charge in [-0.25, -0.2) is 0 Å². The Morgan fingerprint density at radius 1 is 1.28 bits per heavy atom. The minimum Gasteiger partial charge on any atom is -0.349 e. The van der Waals surface area contributed by atoms with Gasteiger partial charge in [0.2, 0.25) is 17.7 Å². The highest BCUT2D eigenvalue weighted by Gasteiger charge is 2.45. The lowest BCUT2D eigenvalue weighted by Crippen LogP contribution is -2.68. The number of halogens is 1. The number of nitrogens with one attached hydrogen (secondary N) is 2. The molecule has 0 aromatic heterocycles. The van der Waals surface area contributed by atoms with Crippen molar-refractivity contribution in [3.05, 3.63) is 28.8 Å². The van der Waals surface area contributed by atoms with E-state index in [0.29, 0.717) is 17.1 Å². The van der Waals surface area contributed by atoms with Gasteiger partial charge in [0.1, 0.15) is 6.04 Å². The monoisotopic (exact) mass is 419 g/mol. The van der Waals surface area contributed by atoms with Crippen LogP contribution in [0.5, 0.6) is 0 Å². The van der Waals surface area contributed by atoms with Crippen LogP contribution in [0.2, 0.25) is 5.02 Å². The Balaban J connectivity index is 1.80. The molecular formula is C22H30ClN3O3. The maximum absolute atomic E-state index is 13.1. The lowest BCUT2D eigenvalue weighted by Gasteiger charge is -2.48. The van der Waals surface area contributed by atoms with Crippen molar-refractivity contribution in [2.24, 2.45) is 5.92 Å². The summed E-state index contributed by atoms with van der Waals surface area (Å²) < 4.78 is 0. The van der Waals surface area contributed by atoms with Crippen LogP contribution < -0.4 is 10.6 Å². The molecule has 0 radical (unpaired) electrons. The molecule has 6 nitrogen and oxygen atoms in total. The van der Waals surface area contributed by atoms with Crippen LogP contribution >= 0.6 is 11.6 Å². The zero-order valence-corrected chi connectivity index (χ0v) is 18.1. The van der Waals surface area contributed by atoms with Crippen LogP contribution in [0.4, 0.5) is 5.69 Å². The third-order valence-corrected chi connectivity index (χ3v) is 6.01. The van der Waals surface area contributed by atoms with Gasteiger partial charge in [-0.1, -0.05) is 44.4 Å². The molecule has 1 aromatic carbocycles. The van der Waals surface area contributed by atoms with E-state index >= 15 is 0 Å². The van der Waals surface area contributed by atoms with Crippen LogP contribution in [0.1, 0.15) is 57.9 Å². The largest absolute Gasteiger partial charge is 0.349 e. The summed E-state index contributed by atoms with van der Waals surface area (Å²) >= 11 is 6.04. The van der Waals surface area contributed by atoms with E-state index in [1.54, 1.807) is 17.0 Å². The molecule has 3 amide bonds. The number of rotatable bonds is 5. The maximum Gasteiger partial charge on any atom is 0.243 e. The second-order valence-corrected chi connectivity index (χ2v) is 9.03. The number of hydrogen-bond acceptors (Lipinski definition) is 3. The van der Waals surface area contributed by atoms with Crippen LogP contribution in [0.25, 0.3) is 0 Å². The molecule has 1 heterocycles. The molecule has 3 atom stereocenters. The van der Waals surface area contributed by atoms with Crippen molar-refractivity contribution in [3.63, 3.8) is 0 Å². The quantitative estimate of drug-likeness (QED) is 0.764. The van der Waals surface area contributed by atoms with Gasteiger partial charge < -0.3 is 15.5 Å². The topological polar surface area (TPSA) is 78.5 Å². The van der Waals surface area contributed by atoms with Gasteiger partial charge in [0.15, 0.2) is 0 Å². The molecule has 1 aliphatic heterocycles. The molecule has 2 aliphatic rings. The Hall–Kier alpha value is -2.08. The minimum absolute atomic E-state index is 0.0122. The molecule has 1 saturated carbocycles. The number of fused-ring (bicyclic) bond motifs is 1. The minimum atomic E-state index is -0.778. The number of carbonyl (C=O) groups excluding carboxylic acids is 3. The number of hydrogen-bond donors (Lipinski definition) is 2. The van der Waals surface area contributed by atoms with E-state index < -0.39 is 6.04 Å². The van der Waals surface area contributed by atoms with Crippen molar-refractivity contribution in [1.82, 2.24) is 10.2 Å². The first kappa shape index (κ1) is 21.6. The first-order valence-corrected chi connectivity index (χ1v) is 10.8. The van der Waals surface area contributed by atoms with Gasteiger partial charge in [-0.05, 0) is 43.4 Å². The van der Waals surface area contributed by atoms with E-state index in [1.807, 2.05) is 26.8 Å².